The lowest BCUT2D eigenvalue weighted by molar-refractivity contribution is 0.0947. The number of aryl methyl sites for hydroxylation is 1. The Kier molecular flexibility index (Phi) is 7.61. The fraction of sp³-hybridized carbons (Fsp3) is 0.129. The van der Waals surface area contributed by atoms with E-state index in [9.17, 15) is 14.0 Å². The van der Waals surface area contributed by atoms with Crippen LogP contribution in [0.5, 0.6) is 5.75 Å². The summed E-state index contributed by atoms with van der Waals surface area (Å²) in [5.41, 5.74) is 11.2. The van der Waals surface area contributed by atoms with Gasteiger partial charge in [-0.2, -0.15) is 14.9 Å². The molecule has 0 atom stereocenters. The quantitative estimate of drug-likeness (QED) is 0.272. The lowest BCUT2D eigenvalue weighted by Crippen LogP contribution is -2.31. The number of hydrogen-bond donors (Lipinski definition) is 2. The monoisotopic (exact) mass is 606 g/mol. The summed E-state index contributed by atoms with van der Waals surface area (Å²) in [6, 6.07) is 16.3. The number of carbonyl (C=O) groups is 2. The number of anilines is 2. The molecule has 0 saturated heterocycles. The zero-order chi connectivity index (χ0) is 31.7. The Bertz CT molecular complexity index is 2040. The third kappa shape index (κ3) is 5.51. The maximum atomic E-state index is 13.7. The van der Waals surface area contributed by atoms with Crippen molar-refractivity contribution in [1.29, 1.82) is 0 Å². The van der Waals surface area contributed by atoms with Gasteiger partial charge in [0.05, 0.1) is 23.7 Å². The summed E-state index contributed by atoms with van der Waals surface area (Å²) in [7, 11) is 3.06. The molecule has 3 aromatic carbocycles. The molecule has 0 radical (unpaired) electrons. The number of nitrogen functional groups attached to an aromatic ring is 1. The Labute approximate surface area is 256 Å². The molecule has 14 heteroatoms. The normalized spacial score (nSPS) is 11.0. The molecule has 2 amide bonds. The topological polar surface area (TPSA) is 159 Å². The maximum absolute atomic E-state index is 13.7. The van der Waals surface area contributed by atoms with E-state index in [0.29, 0.717) is 28.1 Å². The number of halogens is 1. The van der Waals surface area contributed by atoms with Gasteiger partial charge in [0.25, 0.3) is 5.91 Å². The van der Waals surface area contributed by atoms with Crippen LogP contribution in [-0.2, 0) is 6.54 Å². The average Bonchev–Trinajstić information content (AvgIpc) is 3.73. The van der Waals surface area contributed by atoms with Crippen molar-refractivity contribution in [3.05, 3.63) is 102 Å². The molecule has 0 unspecified atom stereocenters. The molecule has 226 valence electrons. The van der Waals surface area contributed by atoms with E-state index in [2.05, 4.69) is 25.4 Å². The Hall–Kier alpha value is -6.18. The summed E-state index contributed by atoms with van der Waals surface area (Å²) < 4.78 is 21.7. The van der Waals surface area contributed by atoms with Gasteiger partial charge in [-0.3, -0.25) is 9.69 Å². The molecule has 0 aliphatic carbocycles. The lowest BCUT2D eigenvalue weighted by atomic mass is 10.1. The van der Waals surface area contributed by atoms with Crippen molar-refractivity contribution in [3.63, 3.8) is 0 Å². The van der Waals surface area contributed by atoms with Crippen LogP contribution in [0.3, 0.4) is 0 Å². The van der Waals surface area contributed by atoms with Crippen molar-refractivity contribution in [2.24, 2.45) is 0 Å². The van der Waals surface area contributed by atoms with Gasteiger partial charge in [0.2, 0.25) is 0 Å². The van der Waals surface area contributed by atoms with Crippen LogP contribution in [0.25, 0.3) is 28.0 Å². The lowest BCUT2D eigenvalue weighted by Gasteiger charge is -2.18. The minimum atomic E-state index is -0.533. The predicted octanol–water partition coefficient (Wildman–Crippen LogP) is 4.15. The highest BCUT2D eigenvalue weighted by atomic mass is 19.1. The number of nitrogens with one attached hydrogen (secondary N) is 1. The van der Waals surface area contributed by atoms with E-state index in [4.69, 9.17) is 15.6 Å². The zero-order valence-corrected chi connectivity index (χ0v) is 24.5. The molecule has 0 spiro atoms. The van der Waals surface area contributed by atoms with Crippen LogP contribution in [-0.4, -0.2) is 60.6 Å². The maximum Gasteiger partial charge on any atom is 0.350 e. The Morgan fingerprint density at radius 3 is 2.58 bits per heavy atom. The highest BCUT2D eigenvalue weighted by Gasteiger charge is 2.21. The van der Waals surface area contributed by atoms with Gasteiger partial charge in [-0.25, -0.2) is 28.8 Å². The van der Waals surface area contributed by atoms with E-state index in [1.165, 1.54) is 43.1 Å². The van der Waals surface area contributed by atoms with Crippen LogP contribution >= 0.6 is 0 Å². The summed E-state index contributed by atoms with van der Waals surface area (Å²) >= 11 is 0. The second-order valence-corrected chi connectivity index (χ2v) is 10.1. The molecule has 0 fully saturated rings. The molecule has 0 bridgehead atoms. The molecular weight excluding hydrogens is 579 g/mol. The summed E-state index contributed by atoms with van der Waals surface area (Å²) in [4.78, 5) is 39.6. The van der Waals surface area contributed by atoms with Crippen molar-refractivity contribution < 1.29 is 18.7 Å². The number of benzene rings is 3. The molecular formula is C31H27FN10O3. The summed E-state index contributed by atoms with van der Waals surface area (Å²) in [6.07, 6.45) is 4.00. The van der Waals surface area contributed by atoms with Crippen LogP contribution in [0.1, 0.15) is 21.5 Å². The first-order chi connectivity index (χ1) is 21.7. The number of aromatic nitrogens is 7. The van der Waals surface area contributed by atoms with Crippen LogP contribution in [0, 0.1) is 12.7 Å². The van der Waals surface area contributed by atoms with Crippen LogP contribution < -0.4 is 20.7 Å². The summed E-state index contributed by atoms with van der Waals surface area (Å²) in [5, 5.41) is 12.2. The van der Waals surface area contributed by atoms with Gasteiger partial charge in [0.1, 0.15) is 42.1 Å². The smallest absolute Gasteiger partial charge is 0.350 e. The van der Waals surface area contributed by atoms with Crippen molar-refractivity contribution in [2.75, 3.05) is 24.8 Å². The molecule has 3 N–H and O–H groups in total. The zero-order valence-electron chi connectivity index (χ0n) is 24.5. The van der Waals surface area contributed by atoms with Gasteiger partial charge >= 0.3 is 6.03 Å². The largest absolute Gasteiger partial charge is 0.496 e. The van der Waals surface area contributed by atoms with Gasteiger partial charge in [-0.15, -0.1) is 0 Å². The standard InChI is InChI=1S/C31H27FN10O3/c1-18-4-10-22(40(2)31(44)41-17-34-15-38-41)13-24(18)42-29-26(28(33)36-16-37-29)27(39-42)20-7-5-19(6-8-20)14-35-30(43)23-12-21(32)9-11-25(23)45-3/h4-13,15-17H,14H2,1-3H3,(H,35,43)(H2,33,36,37). The minimum Gasteiger partial charge on any atom is -0.496 e. The number of methoxy groups -OCH3 is 1. The number of nitrogens with zero attached hydrogens (tertiary/aromatic N) is 8. The number of nitrogens with two attached hydrogens (primary N) is 1. The number of carbonyl (C=O) groups excluding carboxylic acids is 2. The highest BCUT2D eigenvalue weighted by Crippen LogP contribution is 2.33. The average molecular weight is 607 g/mol. The van der Waals surface area contributed by atoms with Crippen molar-refractivity contribution in [1.82, 2.24) is 39.8 Å². The highest BCUT2D eigenvalue weighted by molar-refractivity contribution is 5.99. The SMILES string of the molecule is COc1ccc(F)cc1C(=O)NCc1ccc(-c2nn(-c3cc(N(C)C(=O)n4cncn4)ccc3C)c3ncnc(N)c23)cc1. The third-order valence-corrected chi connectivity index (χ3v) is 7.29. The van der Waals surface area contributed by atoms with Gasteiger partial charge in [-0.05, 0) is 48.4 Å². The fourth-order valence-corrected chi connectivity index (χ4v) is 4.87. The molecule has 3 aromatic heterocycles. The van der Waals surface area contributed by atoms with Crippen LogP contribution in [0.2, 0.25) is 0 Å². The van der Waals surface area contributed by atoms with Gasteiger partial charge in [-0.1, -0.05) is 30.3 Å². The Morgan fingerprint density at radius 2 is 1.84 bits per heavy atom. The predicted molar refractivity (Wildman–Crippen MR) is 165 cm³/mol. The number of fused-ring (bicyclic) bond motifs is 1. The molecule has 3 heterocycles. The van der Waals surface area contributed by atoms with E-state index >= 15 is 0 Å². The Balaban J connectivity index is 1.30. The second-order valence-electron chi connectivity index (χ2n) is 10.1. The van der Waals surface area contributed by atoms with Gasteiger partial charge in [0, 0.05) is 24.8 Å². The van der Waals surface area contributed by atoms with E-state index in [1.807, 2.05) is 49.4 Å². The number of amides is 2. The molecule has 0 aliphatic rings. The van der Waals surface area contributed by atoms with Crippen LogP contribution in [0.15, 0.2) is 79.6 Å². The molecule has 6 rings (SSSR count). The molecule has 6 aromatic rings. The first-order valence-electron chi connectivity index (χ1n) is 13.7. The number of hydrogen-bond acceptors (Lipinski definition) is 9. The number of ether oxygens (including phenoxy) is 1. The van der Waals surface area contributed by atoms with E-state index in [0.717, 1.165) is 27.4 Å². The van der Waals surface area contributed by atoms with Gasteiger partial charge < -0.3 is 15.8 Å². The van der Waals surface area contributed by atoms with E-state index in [1.54, 1.807) is 11.7 Å². The van der Waals surface area contributed by atoms with Gasteiger partial charge in [0.15, 0.2) is 5.65 Å². The fourth-order valence-electron chi connectivity index (χ4n) is 4.87. The van der Waals surface area contributed by atoms with Crippen LogP contribution in [0.4, 0.5) is 20.7 Å². The summed E-state index contributed by atoms with van der Waals surface area (Å²) in [5.74, 6) is -0.458. The molecule has 0 aliphatic heterocycles. The molecule has 13 nitrogen and oxygen atoms in total. The summed E-state index contributed by atoms with van der Waals surface area (Å²) in [6.45, 7) is 2.13. The first-order valence-corrected chi connectivity index (χ1v) is 13.7. The van der Waals surface area contributed by atoms with E-state index < -0.39 is 11.7 Å². The number of rotatable bonds is 7. The third-order valence-electron chi connectivity index (χ3n) is 7.29. The molecule has 45 heavy (non-hydrogen) atoms. The minimum absolute atomic E-state index is 0.106. The second kappa shape index (κ2) is 11.8. The van der Waals surface area contributed by atoms with E-state index in [-0.39, 0.29) is 29.7 Å². The van der Waals surface area contributed by atoms with Crippen molar-refractivity contribution in [3.8, 4) is 22.7 Å². The van der Waals surface area contributed by atoms with Crippen molar-refractivity contribution >= 4 is 34.5 Å². The molecule has 0 saturated carbocycles. The Morgan fingerprint density at radius 1 is 1.04 bits per heavy atom. The first kappa shape index (κ1) is 28.9. The van der Waals surface area contributed by atoms with Crippen molar-refractivity contribution in [2.45, 2.75) is 13.5 Å².